The van der Waals surface area contributed by atoms with Crippen molar-refractivity contribution in [3.8, 4) is 23.0 Å². The van der Waals surface area contributed by atoms with Gasteiger partial charge in [0, 0.05) is 5.69 Å². The molecule has 4 aromatic rings. The Morgan fingerprint density at radius 1 is 0.971 bits per heavy atom. The van der Waals surface area contributed by atoms with E-state index < -0.39 is 6.04 Å². The van der Waals surface area contributed by atoms with E-state index in [1.54, 1.807) is 43.3 Å². The van der Waals surface area contributed by atoms with Gasteiger partial charge in [0.1, 0.15) is 24.1 Å². The summed E-state index contributed by atoms with van der Waals surface area (Å²) in [4.78, 5) is 14.5. The molecule has 1 aromatic heterocycles. The smallest absolute Gasteiger partial charge is 0.238 e. The first-order chi connectivity index (χ1) is 17.1. The number of nitrogens with one attached hydrogen (secondary N) is 2. The maximum Gasteiger partial charge on any atom is 0.238 e. The fourth-order valence-corrected chi connectivity index (χ4v) is 3.40. The Kier molecular flexibility index (Phi) is 7.87. The molecular formula is C25H26N6O4. The van der Waals surface area contributed by atoms with Gasteiger partial charge in [-0.25, -0.2) is 5.10 Å². The van der Waals surface area contributed by atoms with Crippen molar-refractivity contribution in [2.75, 3.05) is 32.6 Å². The first-order valence-corrected chi connectivity index (χ1v) is 10.9. The summed E-state index contributed by atoms with van der Waals surface area (Å²) in [6.07, 6.45) is 0. The third-order valence-corrected chi connectivity index (χ3v) is 5.19. The maximum atomic E-state index is 12.7. The maximum absolute atomic E-state index is 12.7. The number of amides is 1. The van der Waals surface area contributed by atoms with Gasteiger partial charge < -0.3 is 19.5 Å². The van der Waals surface area contributed by atoms with Crippen LogP contribution in [0.4, 0.5) is 5.69 Å². The number of para-hydroxylation sites is 3. The summed E-state index contributed by atoms with van der Waals surface area (Å²) in [7, 11) is 3.38. The van der Waals surface area contributed by atoms with Gasteiger partial charge in [-0.1, -0.05) is 30.3 Å². The van der Waals surface area contributed by atoms with Crippen molar-refractivity contribution in [1.82, 2.24) is 25.5 Å². The quantitative estimate of drug-likeness (QED) is 0.338. The monoisotopic (exact) mass is 474 g/mol. The number of aromatic nitrogens is 4. The largest absolute Gasteiger partial charge is 0.493 e. The van der Waals surface area contributed by atoms with E-state index in [0.29, 0.717) is 28.8 Å². The number of anilines is 1. The predicted octanol–water partition coefficient (Wildman–Crippen LogP) is 3.69. The van der Waals surface area contributed by atoms with Crippen LogP contribution in [0.5, 0.6) is 23.0 Å². The van der Waals surface area contributed by atoms with Crippen molar-refractivity contribution in [3.05, 3.63) is 84.7 Å². The standard InChI is InChI=1S/C25H26N6O4/c1-31(21(25-27-29-30-28-25)17-34-23-11-7-6-10-22(23)33-2)16-24(32)26-18-12-14-20(15-13-18)35-19-8-4-3-5-9-19/h3-15,21H,16-17H2,1-2H3,(H,26,32)(H,27,28,29,30). The van der Waals surface area contributed by atoms with Gasteiger partial charge in [-0.2, -0.15) is 0 Å². The minimum absolute atomic E-state index is 0.0862. The minimum Gasteiger partial charge on any atom is -0.493 e. The lowest BCUT2D eigenvalue weighted by Gasteiger charge is -2.25. The second-order valence-electron chi connectivity index (χ2n) is 7.67. The Labute approximate surface area is 202 Å². The van der Waals surface area contributed by atoms with Crippen LogP contribution in [0.1, 0.15) is 11.9 Å². The van der Waals surface area contributed by atoms with Gasteiger partial charge in [0.2, 0.25) is 5.91 Å². The highest BCUT2D eigenvalue weighted by Gasteiger charge is 2.24. The van der Waals surface area contributed by atoms with Crippen LogP contribution in [0, 0.1) is 0 Å². The van der Waals surface area contributed by atoms with Crippen LogP contribution in [0.3, 0.4) is 0 Å². The third kappa shape index (κ3) is 6.55. The number of methoxy groups -OCH3 is 1. The van der Waals surface area contributed by atoms with Gasteiger partial charge in [0.25, 0.3) is 0 Å². The summed E-state index contributed by atoms with van der Waals surface area (Å²) in [5.74, 6) is 2.91. The van der Waals surface area contributed by atoms with E-state index in [9.17, 15) is 4.79 Å². The van der Waals surface area contributed by atoms with Crippen LogP contribution in [0.2, 0.25) is 0 Å². The molecule has 1 unspecified atom stereocenters. The molecule has 0 fully saturated rings. The molecule has 0 bridgehead atoms. The van der Waals surface area contributed by atoms with Crippen LogP contribution in [-0.4, -0.2) is 58.7 Å². The normalized spacial score (nSPS) is 11.6. The molecule has 0 radical (unpaired) electrons. The molecule has 180 valence electrons. The van der Waals surface area contributed by atoms with Gasteiger partial charge >= 0.3 is 0 Å². The Bertz CT molecular complexity index is 1200. The van der Waals surface area contributed by atoms with E-state index >= 15 is 0 Å². The molecule has 1 heterocycles. The van der Waals surface area contributed by atoms with Crippen LogP contribution in [0.25, 0.3) is 0 Å². The Morgan fingerprint density at radius 2 is 1.66 bits per heavy atom. The molecule has 3 aromatic carbocycles. The zero-order valence-electron chi connectivity index (χ0n) is 19.4. The SMILES string of the molecule is COc1ccccc1OCC(c1nnn[nH]1)N(C)CC(=O)Nc1ccc(Oc2ccccc2)cc1. The molecule has 10 heteroatoms. The fourth-order valence-electron chi connectivity index (χ4n) is 3.40. The van der Waals surface area contributed by atoms with Crippen molar-refractivity contribution in [2.45, 2.75) is 6.04 Å². The molecule has 0 aliphatic rings. The lowest BCUT2D eigenvalue weighted by molar-refractivity contribution is -0.117. The first kappa shape index (κ1) is 23.7. The van der Waals surface area contributed by atoms with Gasteiger partial charge in [-0.15, -0.1) is 5.10 Å². The number of hydrogen-bond donors (Lipinski definition) is 2. The first-order valence-electron chi connectivity index (χ1n) is 10.9. The molecule has 0 spiro atoms. The number of tetrazole rings is 1. The minimum atomic E-state index is -0.401. The molecule has 1 amide bonds. The van der Waals surface area contributed by atoms with Crippen LogP contribution >= 0.6 is 0 Å². The third-order valence-electron chi connectivity index (χ3n) is 5.19. The molecular weight excluding hydrogens is 448 g/mol. The number of H-pyrrole nitrogens is 1. The zero-order valence-corrected chi connectivity index (χ0v) is 19.4. The average Bonchev–Trinajstić information content (AvgIpc) is 3.41. The number of carbonyl (C=O) groups excluding carboxylic acids is 1. The van der Waals surface area contributed by atoms with E-state index in [2.05, 4.69) is 25.9 Å². The lowest BCUT2D eigenvalue weighted by atomic mass is 10.2. The highest BCUT2D eigenvalue weighted by molar-refractivity contribution is 5.92. The lowest BCUT2D eigenvalue weighted by Crippen LogP contribution is -2.36. The Hall–Kier alpha value is -4.44. The molecule has 4 rings (SSSR count). The van der Waals surface area contributed by atoms with E-state index in [-0.39, 0.29) is 19.1 Å². The van der Waals surface area contributed by atoms with Crippen LogP contribution < -0.4 is 19.5 Å². The highest BCUT2D eigenvalue weighted by atomic mass is 16.5. The molecule has 0 saturated heterocycles. The Morgan fingerprint density at radius 3 is 2.34 bits per heavy atom. The average molecular weight is 475 g/mol. The number of benzene rings is 3. The second-order valence-corrected chi connectivity index (χ2v) is 7.67. The molecule has 0 saturated carbocycles. The summed E-state index contributed by atoms with van der Waals surface area (Å²) in [5, 5.41) is 17.0. The van der Waals surface area contributed by atoms with E-state index in [1.807, 2.05) is 54.6 Å². The van der Waals surface area contributed by atoms with E-state index in [4.69, 9.17) is 14.2 Å². The molecule has 0 aliphatic heterocycles. The number of rotatable bonds is 11. The van der Waals surface area contributed by atoms with Gasteiger partial charge in [0.05, 0.1) is 13.7 Å². The van der Waals surface area contributed by atoms with Gasteiger partial charge in [-0.05, 0) is 66.0 Å². The van der Waals surface area contributed by atoms with Crippen molar-refractivity contribution >= 4 is 11.6 Å². The summed E-state index contributed by atoms with van der Waals surface area (Å²) >= 11 is 0. The van der Waals surface area contributed by atoms with E-state index in [1.165, 1.54) is 0 Å². The number of likely N-dealkylation sites (N-methyl/N-ethyl adjacent to an activating group) is 1. The molecule has 10 nitrogen and oxygen atoms in total. The summed E-state index contributed by atoms with van der Waals surface area (Å²) in [5.41, 5.74) is 0.659. The zero-order chi connectivity index (χ0) is 24.5. The van der Waals surface area contributed by atoms with Crippen molar-refractivity contribution in [2.24, 2.45) is 0 Å². The number of carbonyl (C=O) groups is 1. The molecule has 2 N–H and O–H groups in total. The van der Waals surface area contributed by atoms with E-state index in [0.717, 1.165) is 5.75 Å². The van der Waals surface area contributed by atoms with Crippen molar-refractivity contribution in [3.63, 3.8) is 0 Å². The summed E-state index contributed by atoms with van der Waals surface area (Å²) < 4.78 is 17.1. The van der Waals surface area contributed by atoms with Gasteiger partial charge in [0.15, 0.2) is 17.3 Å². The van der Waals surface area contributed by atoms with Crippen molar-refractivity contribution in [1.29, 1.82) is 0 Å². The van der Waals surface area contributed by atoms with Crippen LogP contribution in [0.15, 0.2) is 78.9 Å². The molecule has 35 heavy (non-hydrogen) atoms. The summed E-state index contributed by atoms with van der Waals surface area (Å²) in [6.45, 7) is 0.287. The summed E-state index contributed by atoms with van der Waals surface area (Å²) in [6, 6.07) is 23.6. The molecule has 0 aliphatic carbocycles. The number of hydrogen-bond acceptors (Lipinski definition) is 8. The van der Waals surface area contributed by atoms with Crippen molar-refractivity contribution < 1.29 is 19.0 Å². The van der Waals surface area contributed by atoms with Gasteiger partial charge in [-0.3, -0.25) is 9.69 Å². The number of aromatic amines is 1. The number of ether oxygens (including phenoxy) is 3. The molecule has 1 atom stereocenters. The predicted molar refractivity (Wildman–Crippen MR) is 130 cm³/mol. The fraction of sp³-hybridized carbons (Fsp3) is 0.200. The Balaban J connectivity index is 1.35. The topological polar surface area (TPSA) is 114 Å². The number of nitrogens with zero attached hydrogens (tertiary/aromatic N) is 4. The highest BCUT2D eigenvalue weighted by Crippen LogP contribution is 2.28. The van der Waals surface area contributed by atoms with Crippen LogP contribution in [-0.2, 0) is 4.79 Å². The second kappa shape index (κ2) is 11.6.